The molecule has 0 saturated carbocycles. The Labute approximate surface area is 366 Å². The molecule has 2 aliphatic carbocycles. The third-order valence-corrected chi connectivity index (χ3v) is 14.4. The number of hydrogen-bond donors (Lipinski definition) is 0. The summed E-state index contributed by atoms with van der Waals surface area (Å²) in [7, 11) is 0. The zero-order valence-electron chi connectivity index (χ0n) is 34.4. The van der Waals surface area contributed by atoms with Gasteiger partial charge in [-0.2, -0.15) is 0 Å². The van der Waals surface area contributed by atoms with Gasteiger partial charge in [0.15, 0.2) is 0 Å². The zero-order valence-corrected chi connectivity index (χ0v) is 34.4. The summed E-state index contributed by atoms with van der Waals surface area (Å²) in [6.45, 7) is 0. The van der Waals surface area contributed by atoms with E-state index in [9.17, 15) is 0 Å². The lowest BCUT2D eigenvalue weighted by molar-refractivity contribution is 0.795. The molecule has 2 aliphatic rings. The molecule has 0 aliphatic heterocycles. The Bertz CT molecular complexity index is 3820. The molecule has 12 aromatic rings. The van der Waals surface area contributed by atoms with E-state index in [2.05, 4.69) is 231 Å². The van der Waals surface area contributed by atoms with E-state index < -0.39 is 5.41 Å². The standard InChI is InChI=1S/C63H38/c1-2-16-41-34-46(31-28-39(41)14-1)61-53-24-7-5-22-51(53)60(52-23-6-8-25-54(52)61)45-18-13-17-42(35-45)43-29-30-44-37-55-59(38-47(44)36-43)63(58-33-32-40-15-3-4-19-48(40)62(55)58)56-26-11-9-20-49(56)50-21-10-12-27-57(50)63/h1-38H. The maximum Gasteiger partial charge on any atom is 0.0725 e. The number of benzene rings is 12. The van der Waals surface area contributed by atoms with Gasteiger partial charge in [0.05, 0.1) is 5.41 Å². The van der Waals surface area contributed by atoms with E-state index in [-0.39, 0.29) is 0 Å². The largest absolute Gasteiger partial charge is 0.0725 e. The second-order valence-corrected chi connectivity index (χ2v) is 17.5. The van der Waals surface area contributed by atoms with Gasteiger partial charge in [-0.05, 0) is 162 Å². The normalized spacial score (nSPS) is 13.2. The lowest BCUT2D eigenvalue weighted by Gasteiger charge is -2.30. The molecule has 0 heterocycles. The van der Waals surface area contributed by atoms with E-state index in [1.165, 1.54) is 132 Å². The first kappa shape index (κ1) is 34.6. The van der Waals surface area contributed by atoms with Gasteiger partial charge in [0.1, 0.15) is 0 Å². The minimum atomic E-state index is -0.410. The van der Waals surface area contributed by atoms with Crippen molar-refractivity contribution in [1.29, 1.82) is 0 Å². The topological polar surface area (TPSA) is 0 Å². The highest BCUT2D eigenvalue weighted by atomic mass is 14.5. The quantitative estimate of drug-likeness (QED) is 0.156. The van der Waals surface area contributed by atoms with Crippen LogP contribution in [-0.2, 0) is 5.41 Å². The smallest absolute Gasteiger partial charge is 0.0619 e. The molecule has 0 fully saturated rings. The second-order valence-electron chi connectivity index (χ2n) is 17.5. The first-order chi connectivity index (χ1) is 31.2. The molecule has 0 heteroatoms. The molecule has 0 bridgehead atoms. The highest BCUT2D eigenvalue weighted by molar-refractivity contribution is 6.22. The van der Waals surface area contributed by atoms with Crippen LogP contribution >= 0.6 is 0 Å². The fraction of sp³-hybridized carbons (Fsp3) is 0.0159. The van der Waals surface area contributed by atoms with Crippen LogP contribution in [-0.4, -0.2) is 0 Å². The molecule has 290 valence electrons. The highest BCUT2D eigenvalue weighted by Gasteiger charge is 2.52. The van der Waals surface area contributed by atoms with Gasteiger partial charge in [-0.3, -0.25) is 0 Å². The Hall–Kier alpha value is -8.06. The number of hydrogen-bond acceptors (Lipinski definition) is 0. The molecule has 0 nitrogen and oxygen atoms in total. The van der Waals surface area contributed by atoms with Gasteiger partial charge in [0.2, 0.25) is 0 Å². The molecule has 0 atom stereocenters. The number of rotatable bonds is 3. The van der Waals surface area contributed by atoms with Crippen LogP contribution in [0.3, 0.4) is 0 Å². The van der Waals surface area contributed by atoms with Gasteiger partial charge >= 0.3 is 0 Å². The summed E-state index contributed by atoms with van der Waals surface area (Å²) in [5.74, 6) is 0. The van der Waals surface area contributed by atoms with Crippen LogP contribution in [0.25, 0.3) is 109 Å². The zero-order chi connectivity index (χ0) is 41.2. The molecule has 0 aromatic heterocycles. The van der Waals surface area contributed by atoms with Gasteiger partial charge in [-0.1, -0.05) is 200 Å². The molecule has 0 amide bonds. The van der Waals surface area contributed by atoms with E-state index in [4.69, 9.17) is 0 Å². The van der Waals surface area contributed by atoms with Crippen molar-refractivity contribution in [3.8, 4) is 55.6 Å². The fourth-order valence-electron chi connectivity index (χ4n) is 11.8. The Morgan fingerprint density at radius 3 is 1.38 bits per heavy atom. The summed E-state index contributed by atoms with van der Waals surface area (Å²) in [5, 5.41) is 12.7. The first-order valence-electron chi connectivity index (χ1n) is 22.1. The second kappa shape index (κ2) is 13.0. The van der Waals surface area contributed by atoms with Crippen LogP contribution in [0, 0.1) is 0 Å². The van der Waals surface area contributed by atoms with Gasteiger partial charge in [-0.25, -0.2) is 0 Å². The Morgan fingerprint density at radius 2 is 0.683 bits per heavy atom. The maximum atomic E-state index is 2.53. The summed E-state index contributed by atoms with van der Waals surface area (Å²) in [6.07, 6.45) is 0. The summed E-state index contributed by atoms with van der Waals surface area (Å²) in [5.41, 5.74) is 17.9. The van der Waals surface area contributed by atoms with Gasteiger partial charge < -0.3 is 0 Å². The lowest BCUT2D eigenvalue weighted by Crippen LogP contribution is -2.25. The van der Waals surface area contributed by atoms with Crippen molar-refractivity contribution < 1.29 is 0 Å². The van der Waals surface area contributed by atoms with Crippen LogP contribution in [0.15, 0.2) is 231 Å². The van der Waals surface area contributed by atoms with Crippen LogP contribution in [0.5, 0.6) is 0 Å². The molecule has 63 heavy (non-hydrogen) atoms. The predicted octanol–water partition coefficient (Wildman–Crippen LogP) is 16.8. The summed E-state index contributed by atoms with van der Waals surface area (Å²) < 4.78 is 0. The molecular formula is C63H38. The molecule has 0 saturated heterocycles. The Morgan fingerprint density at radius 1 is 0.206 bits per heavy atom. The van der Waals surface area contributed by atoms with E-state index in [0.29, 0.717) is 0 Å². The predicted molar refractivity (Wildman–Crippen MR) is 267 cm³/mol. The molecule has 0 unspecified atom stereocenters. The average molecular weight is 795 g/mol. The van der Waals surface area contributed by atoms with Crippen LogP contribution in [0.4, 0.5) is 0 Å². The lowest BCUT2D eigenvalue weighted by atomic mass is 9.70. The third-order valence-electron chi connectivity index (χ3n) is 14.4. The molecule has 1 spiro atoms. The van der Waals surface area contributed by atoms with Crippen molar-refractivity contribution in [3.05, 3.63) is 253 Å². The molecule has 14 rings (SSSR count). The SMILES string of the molecule is c1cc(-c2ccc3cc4c(cc3c2)C2(c3ccccc3-c3ccccc32)c2ccc3ccccc3c2-4)cc(-c2c3ccccc3c(-c3ccc4ccccc4c3)c3ccccc23)c1. The molecule has 0 radical (unpaired) electrons. The van der Waals surface area contributed by atoms with Crippen molar-refractivity contribution >= 4 is 53.9 Å². The van der Waals surface area contributed by atoms with Crippen molar-refractivity contribution in [2.75, 3.05) is 0 Å². The Kier molecular flexibility index (Phi) is 7.13. The van der Waals surface area contributed by atoms with Crippen molar-refractivity contribution in [2.24, 2.45) is 0 Å². The van der Waals surface area contributed by atoms with Crippen molar-refractivity contribution in [1.82, 2.24) is 0 Å². The van der Waals surface area contributed by atoms with E-state index in [1.807, 2.05) is 0 Å². The summed E-state index contributed by atoms with van der Waals surface area (Å²) in [4.78, 5) is 0. The average Bonchev–Trinajstić information content (AvgIpc) is 3.81. The van der Waals surface area contributed by atoms with E-state index in [0.717, 1.165) is 0 Å². The molecular weight excluding hydrogens is 757 g/mol. The number of fused-ring (bicyclic) bond motifs is 16. The highest BCUT2D eigenvalue weighted by Crippen LogP contribution is 2.64. The summed E-state index contributed by atoms with van der Waals surface area (Å²) in [6, 6.07) is 86.7. The van der Waals surface area contributed by atoms with E-state index >= 15 is 0 Å². The van der Waals surface area contributed by atoms with Crippen LogP contribution in [0.2, 0.25) is 0 Å². The van der Waals surface area contributed by atoms with Gasteiger partial charge in [0, 0.05) is 0 Å². The minimum absolute atomic E-state index is 0.410. The van der Waals surface area contributed by atoms with Gasteiger partial charge in [-0.15, -0.1) is 0 Å². The summed E-state index contributed by atoms with van der Waals surface area (Å²) >= 11 is 0. The third kappa shape index (κ3) is 4.75. The van der Waals surface area contributed by atoms with E-state index in [1.54, 1.807) is 0 Å². The Balaban J connectivity index is 0.969. The fourth-order valence-corrected chi connectivity index (χ4v) is 11.8. The van der Waals surface area contributed by atoms with Crippen LogP contribution in [0.1, 0.15) is 22.3 Å². The monoisotopic (exact) mass is 794 g/mol. The maximum absolute atomic E-state index is 2.53. The van der Waals surface area contributed by atoms with Crippen molar-refractivity contribution in [2.45, 2.75) is 5.41 Å². The first-order valence-corrected chi connectivity index (χ1v) is 22.1. The van der Waals surface area contributed by atoms with Crippen molar-refractivity contribution in [3.63, 3.8) is 0 Å². The molecule has 12 aromatic carbocycles. The molecule has 0 N–H and O–H groups in total. The van der Waals surface area contributed by atoms with Gasteiger partial charge in [0.25, 0.3) is 0 Å². The van der Waals surface area contributed by atoms with Crippen LogP contribution < -0.4 is 0 Å². The minimum Gasteiger partial charge on any atom is -0.0619 e.